The van der Waals surface area contributed by atoms with E-state index in [0.717, 1.165) is 5.57 Å². The number of hydrogen-bond acceptors (Lipinski definition) is 3. The predicted octanol–water partition coefficient (Wildman–Crippen LogP) is 3.80. The Kier molecular flexibility index (Phi) is 3.79. The summed E-state index contributed by atoms with van der Waals surface area (Å²) in [5.41, 5.74) is 1.78. The summed E-state index contributed by atoms with van der Waals surface area (Å²) in [6, 6.07) is 6.30. The molecular formula is C15H12FNO2. The van der Waals surface area contributed by atoms with Crippen LogP contribution in [0.1, 0.15) is 24.5 Å². The van der Waals surface area contributed by atoms with E-state index in [4.69, 9.17) is 10.5 Å². The molecule has 0 aromatic heterocycles. The zero-order valence-electron chi connectivity index (χ0n) is 10.4. The van der Waals surface area contributed by atoms with E-state index in [9.17, 15) is 4.39 Å². The van der Waals surface area contributed by atoms with Gasteiger partial charge in [-0.1, -0.05) is 18.2 Å². The van der Waals surface area contributed by atoms with Crippen LogP contribution in [-0.4, -0.2) is 5.26 Å². The van der Waals surface area contributed by atoms with Crippen molar-refractivity contribution in [1.29, 1.82) is 5.26 Å². The van der Waals surface area contributed by atoms with E-state index in [2.05, 4.69) is 4.89 Å². The second-order valence-corrected chi connectivity index (χ2v) is 4.22. The molecule has 96 valence electrons. The first-order valence-corrected chi connectivity index (χ1v) is 5.75. The van der Waals surface area contributed by atoms with Crippen LogP contribution < -0.4 is 0 Å². The molecule has 0 aliphatic heterocycles. The van der Waals surface area contributed by atoms with Gasteiger partial charge in [-0.25, -0.2) is 9.65 Å². The zero-order chi connectivity index (χ0) is 13.8. The third-order valence-electron chi connectivity index (χ3n) is 2.95. The van der Waals surface area contributed by atoms with Gasteiger partial charge in [0.2, 0.25) is 0 Å². The van der Waals surface area contributed by atoms with Gasteiger partial charge in [0, 0.05) is 5.56 Å². The molecule has 0 heterocycles. The SMILES string of the molecule is CC1=C(OO)C=C(c2c(F)cccc2C#N)C=CC1. The van der Waals surface area contributed by atoms with Gasteiger partial charge in [-0.15, -0.1) is 0 Å². The van der Waals surface area contributed by atoms with Gasteiger partial charge in [0.1, 0.15) is 5.82 Å². The summed E-state index contributed by atoms with van der Waals surface area (Å²) in [6.45, 7) is 1.81. The Morgan fingerprint density at radius 1 is 1.42 bits per heavy atom. The Morgan fingerprint density at radius 2 is 2.21 bits per heavy atom. The minimum atomic E-state index is -0.480. The molecule has 1 aromatic rings. The minimum Gasteiger partial charge on any atom is -0.340 e. The first-order chi connectivity index (χ1) is 9.17. The summed E-state index contributed by atoms with van der Waals surface area (Å²) in [5.74, 6) is -0.209. The lowest BCUT2D eigenvalue weighted by Gasteiger charge is -2.07. The van der Waals surface area contributed by atoms with Crippen LogP contribution in [0.4, 0.5) is 4.39 Å². The molecule has 0 spiro atoms. The summed E-state index contributed by atoms with van der Waals surface area (Å²) in [5, 5.41) is 17.9. The highest BCUT2D eigenvalue weighted by atomic mass is 19.1. The van der Waals surface area contributed by atoms with E-state index in [1.807, 2.05) is 19.1 Å². The molecule has 0 saturated heterocycles. The number of allylic oxidation sites excluding steroid dienone is 5. The van der Waals surface area contributed by atoms with Crippen molar-refractivity contribution in [2.75, 3.05) is 0 Å². The third kappa shape index (κ3) is 2.56. The van der Waals surface area contributed by atoms with Crippen molar-refractivity contribution in [3.8, 4) is 6.07 Å². The number of rotatable bonds is 2. The van der Waals surface area contributed by atoms with Crippen LogP contribution in [0, 0.1) is 17.1 Å². The fraction of sp³-hybridized carbons (Fsp3) is 0.133. The molecule has 0 atom stereocenters. The van der Waals surface area contributed by atoms with Gasteiger partial charge < -0.3 is 4.89 Å². The Balaban J connectivity index is 2.63. The van der Waals surface area contributed by atoms with Crippen LogP contribution in [0.3, 0.4) is 0 Å². The Hall–Kier alpha value is -2.38. The molecule has 2 rings (SSSR count). The molecule has 1 aliphatic rings. The second kappa shape index (κ2) is 5.51. The maximum Gasteiger partial charge on any atom is 0.164 e. The van der Waals surface area contributed by atoms with Crippen molar-refractivity contribution in [1.82, 2.24) is 0 Å². The van der Waals surface area contributed by atoms with E-state index >= 15 is 0 Å². The van der Waals surface area contributed by atoms with Crippen molar-refractivity contribution in [2.45, 2.75) is 13.3 Å². The molecule has 0 bridgehead atoms. The van der Waals surface area contributed by atoms with Gasteiger partial charge >= 0.3 is 0 Å². The van der Waals surface area contributed by atoms with Crippen LogP contribution >= 0.6 is 0 Å². The third-order valence-corrected chi connectivity index (χ3v) is 2.95. The van der Waals surface area contributed by atoms with Gasteiger partial charge in [-0.3, -0.25) is 0 Å². The van der Waals surface area contributed by atoms with Crippen LogP contribution in [0.5, 0.6) is 0 Å². The summed E-state index contributed by atoms with van der Waals surface area (Å²) in [7, 11) is 0. The van der Waals surface area contributed by atoms with Gasteiger partial charge in [-0.05, 0) is 42.7 Å². The average molecular weight is 257 g/mol. The minimum absolute atomic E-state index is 0.213. The van der Waals surface area contributed by atoms with Crippen molar-refractivity contribution in [3.63, 3.8) is 0 Å². The molecule has 3 nitrogen and oxygen atoms in total. The highest BCUT2D eigenvalue weighted by Gasteiger charge is 2.14. The molecule has 19 heavy (non-hydrogen) atoms. The van der Waals surface area contributed by atoms with Gasteiger partial charge in [0.15, 0.2) is 5.76 Å². The van der Waals surface area contributed by atoms with E-state index in [-0.39, 0.29) is 16.9 Å². The molecule has 0 amide bonds. The highest BCUT2D eigenvalue weighted by molar-refractivity contribution is 5.80. The fourth-order valence-electron chi connectivity index (χ4n) is 1.95. The summed E-state index contributed by atoms with van der Waals surface area (Å²) >= 11 is 0. The molecule has 0 radical (unpaired) electrons. The number of nitriles is 1. The van der Waals surface area contributed by atoms with Crippen molar-refractivity contribution < 1.29 is 14.5 Å². The summed E-state index contributed by atoms with van der Waals surface area (Å²) in [4.78, 5) is 4.31. The molecule has 4 heteroatoms. The largest absolute Gasteiger partial charge is 0.340 e. The monoisotopic (exact) mass is 257 g/mol. The molecule has 0 saturated carbocycles. The summed E-state index contributed by atoms with van der Waals surface area (Å²) in [6.07, 6.45) is 5.67. The van der Waals surface area contributed by atoms with Crippen LogP contribution in [0.2, 0.25) is 0 Å². The van der Waals surface area contributed by atoms with Crippen molar-refractivity contribution in [3.05, 3.63) is 64.7 Å². The van der Waals surface area contributed by atoms with Gasteiger partial charge in [0.25, 0.3) is 0 Å². The van der Waals surface area contributed by atoms with Crippen molar-refractivity contribution >= 4 is 5.57 Å². The number of halogens is 1. The normalized spacial score (nSPS) is 14.7. The standard InChI is InChI=1S/C15H12FNO2/c1-10-4-2-5-11(8-14(10)19-18)15-12(9-17)6-3-7-13(15)16/h2-3,5-8,18H,4H2,1H3. The Labute approximate surface area is 110 Å². The molecule has 0 unspecified atom stereocenters. The Bertz CT molecular complexity index is 636. The predicted molar refractivity (Wildman–Crippen MR) is 69.3 cm³/mol. The molecular weight excluding hydrogens is 245 g/mol. The first-order valence-electron chi connectivity index (χ1n) is 5.75. The number of benzene rings is 1. The average Bonchev–Trinajstić information content (AvgIpc) is 2.60. The topological polar surface area (TPSA) is 53.2 Å². The molecule has 0 fully saturated rings. The van der Waals surface area contributed by atoms with Gasteiger partial charge in [0.05, 0.1) is 11.6 Å². The van der Waals surface area contributed by atoms with E-state index in [1.165, 1.54) is 18.2 Å². The summed E-state index contributed by atoms with van der Waals surface area (Å²) < 4.78 is 13.9. The second-order valence-electron chi connectivity index (χ2n) is 4.22. The van der Waals surface area contributed by atoms with Crippen LogP contribution in [0.25, 0.3) is 5.57 Å². The maximum atomic E-state index is 13.9. The lowest BCUT2D eigenvalue weighted by atomic mass is 9.99. The van der Waals surface area contributed by atoms with Crippen LogP contribution in [-0.2, 0) is 4.89 Å². The molecule has 1 aliphatic carbocycles. The van der Waals surface area contributed by atoms with Gasteiger partial charge in [-0.2, -0.15) is 5.26 Å². The zero-order valence-corrected chi connectivity index (χ0v) is 10.4. The molecule has 1 N–H and O–H groups in total. The fourth-order valence-corrected chi connectivity index (χ4v) is 1.95. The molecule has 1 aromatic carbocycles. The quantitative estimate of drug-likeness (QED) is 0.647. The van der Waals surface area contributed by atoms with Crippen LogP contribution in [0.15, 0.2) is 47.8 Å². The van der Waals surface area contributed by atoms with E-state index < -0.39 is 5.82 Å². The lowest BCUT2D eigenvalue weighted by molar-refractivity contribution is -0.199. The lowest BCUT2D eigenvalue weighted by Crippen LogP contribution is -1.94. The number of nitrogens with zero attached hydrogens (tertiary/aromatic N) is 1. The Morgan fingerprint density at radius 3 is 2.89 bits per heavy atom. The van der Waals surface area contributed by atoms with E-state index in [1.54, 1.807) is 12.1 Å². The maximum absolute atomic E-state index is 13.9. The van der Waals surface area contributed by atoms with E-state index in [0.29, 0.717) is 12.0 Å². The number of hydrogen-bond donors (Lipinski definition) is 1. The van der Waals surface area contributed by atoms with Crippen molar-refractivity contribution in [2.24, 2.45) is 0 Å². The first kappa shape index (κ1) is 13.1. The smallest absolute Gasteiger partial charge is 0.164 e. The highest BCUT2D eigenvalue weighted by Crippen LogP contribution is 2.28.